The quantitative estimate of drug-likeness (QED) is 0.942. The average molecular weight is 317 g/mol. The first-order valence-electron chi connectivity index (χ1n) is 7.54. The van der Waals surface area contributed by atoms with Crippen LogP contribution in [0.25, 0.3) is 0 Å². The third-order valence-corrected chi connectivity index (χ3v) is 3.99. The van der Waals surface area contributed by atoms with Crippen LogP contribution >= 0.6 is 0 Å². The zero-order valence-electron chi connectivity index (χ0n) is 12.5. The van der Waals surface area contributed by atoms with Gasteiger partial charge in [0.2, 0.25) is 5.91 Å². The second-order valence-corrected chi connectivity index (χ2v) is 5.49. The number of halogens is 2. The molecule has 1 aliphatic rings. The summed E-state index contributed by atoms with van der Waals surface area (Å²) in [7, 11) is 0. The van der Waals surface area contributed by atoms with Crippen LogP contribution in [0.5, 0.6) is 0 Å². The number of anilines is 1. The van der Waals surface area contributed by atoms with E-state index in [2.05, 4.69) is 10.3 Å². The first-order chi connectivity index (χ1) is 11.1. The Morgan fingerprint density at radius 1 is 1.26 bits per heavy atom. The molecule has 0 radical (unpaired) electrons. The third kappa shape index (κ3) is 3.47. The number of rotatable bonds is 4. The van der Waals surface area contributed by atoms with Gasteiger partial charge in [0.25, 0.3) is 0 Å². The van der Waals surface area contributed by atoms with Crippen LogP contribution in [0.15, 0.2) is 42.6 Å². The molecular weight excluding hydrogens is 300 g/mol. The van der Waals surface area contributed by atoms with E-state index >= 15 is 0 Å². The molecule has 6 heteroatoms. The molecule has 2 heterocycles. The predicted octanol–water partition coefficient (Wildman–Crippen LogP) is 3.14. The summed E-state index contributed by atoms with van der Waals surface area (Å²) in [5.74, 6) is -1.21. The highest BCUT2D eigenvalue weighted by molar-refractivity contribution is 5.81. The average Bonchev–Trinajstić information content (AvgIpc) is 3.06. The fourth-order valence-corrected chi connectivity index (χ4v) is 2.87. The Morgan fingerprint density at radius 2 is 2.13 bits per heavy atom. The van der Waals surface area contributed by atoms with Crippen molar-refractivity contribution in [3.05, 3.63) is 59.8 Å². The molecule has 1 amide bonds. The van der Waals surface area contributed by atoms with E-state index < -0.39 is 11.6 Å². The molecule has 120 valence electrons. The van der Waals surface area contributed by atoms with E-state index in [9.17, 15) is 13.6 Å². The Hall–Kier alpha value is -2.50. The molecular formula is C17H17F2N3O. The summed E-state index contributed by atoms with van der Waals surface area (Å²) in [6, 6.07) is 9.04. The Morgan fingerprint density at radius 3 is 2.87 bits per heavy atom. The molecule has 1 saturated heterocycles. The van der Waals surface area contributed by atoms with Gasteiger partial charge < -0.3 is 10.2 Å². The minimum absolute atomic E-state index is 0.0807. The first-order valence-corrected chi connectivity index (χ1v) is 7.54. The number of nitrogens with zero attached hydrogens (tertiary/aromatic N) is 2. The minimum atomic E-state index is -0.881. The van der Waals surface area contributed by atoms with Crippen LogP contribution in [0, 0.1) is 11.6 Å². The topological polar surface area (TPSA) is 45.2 Å². The highest BCUT2D eigenvalue weighted by Gasteiger charge is 2.30. The number of carbonyl (C=O) groups is 1. The van der Waals surface area contributed by atoms with Gasteiger partial charge in [-0.1, -0.05) is 12.1 Å². The lowest BCUT2D eigenvalue weighted by Crippen LogP contribution is -2.35. The molecule has 1 aromatic carbocycles. The summed E-state index contributed by atoms with van der Waals surface area (Å²) in [5.41, 5.74) is 0.632. The maximum Gasteiger partial charge on any atom is 0.242 e. The number of hydrogen-bond acceptors (Lipinski definition) is 3. The Bertz CT molecular complexity index is 693. The van der Waals surface area contributed by atoms with Gasteiger partial charge in [-0.15, -0.1) is 0 Å². The van der Waals surface area contributed by atoms with Gasteiger partial charge in [-0.25, -0.2) is 13.8 Å². The molecule has 4 nitrogen and oxygen atoms in total. The van der Waals surface area contributed by atoms with E-state index in [4.69, 9.17) is 0 Å². The van der Waals surface area contributed by atoms with Crippen molar-refractivity contribution in [1.82, 2.24) is 9.88 Å². The highest BCUT2D eigenvalue weighted by Crippen LogP contribution is 2.32. The van der Waals surface area contributed by atoms with Crippen molar-refractivity contribution >= 4 is 11.7 Å². The molecule has 0 bridgehead atoms. The fraction of sp³-hybridized carbons (Fsp3) is 0.294. The largest absolute Gasteiger partial charge is 0.361 e. The summed E-state index contributed by atoms with van der Waals surface area (Å²) < 4.78 is 26.5. The van der Waals surface area contributed by atoms with Gasteiger partial charge in [-0.2, -0.15) is 0 Å². The van der Waals surface area contributed by atoms with E-state index in [1.807, 2.05) is 6.07 Å². The standard InChI is InChI=1S/C17H17F2N3O/c18-13-7-6-12(10-14(13)19)15-4-3-9-22(15)17(23)11-21-16-5-1-2-8-20-16/h1-2,5-8,10,15H,3-4,9,11H2,(H,20,21). The van der Waals surface area contributed by atoms with Crippen LogP contribution in [0.4, 0.5) is 14.6 Å². The van der Waals surface area contributed by atoms with Crippen molar-refractivity contribution in [2.24, 2.45) is 0 Å². The molecule has 1 fully saturated rings. The normalized spacial score (nSPS) is 17.3. The van der Waals surface area contributed by atoms with Crippen LogP contribution in [0.2, 0.25) is 0 Å². The maximum atomic E-state index is 13.4. The molecule has 0 spiro atoms. The fourth-order valence-electron chi connectivity index (χ4n) is 2.87. The van der Waals surface area contributed by atoms with E-state index in [1.54, 1.807) is 29.3 Å². The number of aromatic nitrogens is 1. The number of hydrogen-bond donors (Lipinski definition) is 1. The second-order valence-electron chi connectivity index (χ2n) is 5.49. The van der Waals surface area contributed by atoms with Gasteiger partial charge in [-0.3, -0.25) is 4.79 Å². The zero-order valence-corrected chi connectivity index (χ0v) is 12.5. The van der Waals surface area contributed by atoms with Crippen molar-refractivity contribution in [3.63, 3.8) is 0 Å². The smallest absolute Gasteiger partial charge is 0.242 e. The van der Waals surface area contributed by atoms with E-state index in [0.29, 0.717) is 17.9 Å². The summed E-state index contributed by atoms with van der Waals surface area (Å²) in [4.78, 5) is 18.2. The van der Waals surface area contributed by atoms with Crippen LogP contribution in [-0.4, -0.2) is 28.9 Å². The number of likely N-dealkylation sites (tertiary alicyclic amines) is 1. The van der Waals surface area contributed by atoms with E-state index in [-0.39, 0.29) is 18.5 Å². The summed E-state index contributed by atoms with van der Waals surface area (Å²) in [6.45, 7) is 0.740. The van der Waals surface area contributed by atoms with Gasteiger partial charge in [-0.05, 0) is 42.7 Å². The molecule has 2 aromatic rings. The summed E-state index contributed by atoms with van der Waals surface area (Å²) >= 11 is 0. The number of benzene rings is 1. The first kappa shape index (κ1) is 15.4. The van der Waals surface area contributed by atoms with Crippen LogP contribution < -0.4 is 5.32 Å². The molecule has 23 heavy (non-hydrogen) atoms. The van der Waals surface area contributed by atoms with Crippen LogP contribution in [-0.2, 0) is 4.79 Å². The SMILES string of the molecule is O=C(CNc1ccccn1)N1CCCC1c1ccc(F)c(F)c1. The monoisotopic (exact) mass is 317 g/mol. The second kappa shape index (κ2) is 6.73. The molecule has 1 unspecified atom stereocenters. The number of amides is 1. The Labute approximate surface area is 133 Å². The Balaban J connectivity index is 1.68. The minimum Gasteiger partial charge on any atom is -0.361 e. The van der Waals surface area contributed by atoms with Crippen molar-refractivity contribution in [2.45, 2.75) is 18.9 Å². The van der Waals surface area contributed by atoms with Crippen molar-refractivity contribution < 1.29 is 13.6 Å². The van der Waals surface area contributed by atoms with Gasteiger partial charge in [0.15, 0.2) is 11.6 Å². The van der Waals surface area contributed by atoms with Gasteiger partial charge in [0.05, 0.1) is 12.6 Å². The lowest BCUT2D eigenvalue weighted by Gasteiger charge is -2.25. The molecule has 1 aliphatic heterocycles. The molecule has 1 atom stereocenters. The van der Waals surface area contributed by atoms with Gasteiger partial charge in [0.1, 0.15) is 5.82 Å². The summed E-state index contributed by atoms with van der Waals surface area (Å²) in [5, 5.41) is 2.98. The molecule has 0 aliphatic carbocycles. The lowest BCUT2D eigenvalue weighted by atomic mass is 10.0. The zero-order chi connectivity index (χ0) is 16.2. The molecule has 1 N–H and O–H groups in total. The highest BCUT2D eigenvalue weighted by atomic mass is 19.2. The molecule has 3 rings (SSSR count). The van der Waals surface area contributed by atoms with Crippen LogP contribution in [0.1, 0.15) is 24.4 Å². The maximum absolute atomic E-state index is 13.4. The van der Waals surface area contributed by atoms with E-state index in [1.165, 1.54) is 6.07 Å². The molecule has 1 aromatic heterocycles. The summed E-state index contributed by atoms with van der Waals surface area (Å²) in [6.07, 6.45) is 3.24. The van der Waals surface area contributed by atoms with E-state index in [0.717, 1.165) is 18.9 Å². The predicted molar refractivity (Wildman–Crippen MR) is 82.8 cm³/mol. The van der Waals surface area contributed by atoms with Crippen molar-refractivity contribution in [3.8, 4) is 0 Å². The lowest BCUT2D eigenvalue weighted by molar-refractivity contribution is -0.130. The Kier molecular flexibility index (Phi) is 4.50. The van der Waals surface area contributed by atoms with Crippen LogP contribution in [0.3, 0.4) is 0 Å². The number of carbonyl (C=O) groups excluding carboxylic acids is 1. The van der Waals surface area contributed by atoms with Crippen molar-refractivity contribution in [1.29, 1.82) is 0 Å². The third-order valence-electron chi connectivity index (χ3n) is 3.99. The van der Waals surface area contributed by atoms with Gasteiger partial charge in [0, 0.05) is 12.7 Å². The number of pyridine rings is 1. The number of nitrogens with one attached hydrogen (secondary N) is 1. The van der Waals surface area contributed by atoms with Gasteiger partial charge >= 0.3 is 0 Å². The molecule has 0 saturated carbocycles. The van der Waals surface area contributed by atoms with Crippen molar-refractivity contribution in [2.75, 3.05) is 18.4 Å².